The summed E-state index contributed by atoms with van der Waals surface area (Å²) in [5.74, 6) is -0.115. The summed E-state index contributed by atoms with van der Waals surface area (Å²) in [5, 5.41) is 2.77. The Kier molecular flexibility index (Phi) is 5.48. The number of anilines is 2. The third kappa shape index (κ3) is 3.78. The highest BCUT2D eigenvalue weighted by atomic mass is 32.2. The molecule has 30 heavy (non-hydrogen) atoms. The molecular formula is C21H23N3O5S. The highest BCUT2D eigenvalue weighted by molar-refractivity contribution is 7.89. The van der Waals surface area contributed by atoms with Crippen molar-refractivity contribution in [2.24, 2.45) is 5.92 Å². The molecule has 2 heterocycles. The molecule has 2 aliphatic rings. The van der Waals surface area contributed by atoms with E-state index < -0.39 is 10.0 Å². The lowest BCUT2D eigenvalue weighted by Crippen LogP contribution is -2.48. The number of hydrogen-bond donors (Lipinski definition) is 1. The second-order valence-corrected chi connectivity index (χ2v) is 9.28. The molecule has 0 atom stereocenters. The minimum atomic E-state index is -3.63. The smallest absolute Gasteiger partial charge is 0.244 e. The third-order valence-corrected chi connectivity index (χ3v) is 7.45. The molecule has 2 aromatic carbocycles. The van der Waals surface area contributed by atoms with Crippen molar-refractivity contribution >= 4 is 33.2 Å². The van der Waals surface area contributed by atoms with Gasteiger partial charge in [-0.15, -0.1) is 0 Å². The van der Waals surface area contributed by atoms with E-state index in [4.69, 9.17) is 4.74 Å². The number of hydrogen-bond acceptors (Lipinski definition) is 5. The fourth-order valence-electron chi connectivity index (χ4n) is 3.89. The van der Waals surface area contributed by atoms with Crippen molar-refractivity contribution in [3.05, 3.63) is 48.5 Å². The predicted octanol–water partition coefficient (Wildman–Crippen LogP) is 2.08. The highest BCUT2D eigenvalue weighted by Gasteiger charge is 2.36. The molecule has 9 heteroatoms. The number of para-hydroxylation sites is 2. The molecule has 1 fully saturated rings. The molecule has 8 nitrogen and oxygen atoms in total. The van der Waals surface area contributed by atoms with Gasteiger partial charge in [-0.3, -0.25) is 9.59 Å². The molecule has 0 bridgehead atoms. The van der Waals surface area contributed by atoms with Crippen molar-refractivity contribution in [2.45, 2.75) is 17.7 Å². The molecule has 0 unspecified atom stereocenters. The van der Waals surface area contributed by atoms with Crippen LogP contribution in [0, 0.1) is 5.92 Å². The Hall–Kier alpha value is -2.91. The third-order valence-electron chi connectivity index (χ3n) is 5.54. The first-order valence-electron chi connectivity index (χ1n) is 9.74. The van der Waals surface area contributed by atoms with Crippen molar-refractivity contribution in [3.63, 3.8) is 0 Å². The standard InChI is InChI=1S/C21H23N3O5S/c1-29-16-6-8-17(9-7-16)30(27,28)23-12-10-15(11-13-23)21(26)24-14-20(25)22-18-4-2-3-5-19(18)24/h2-9,15H,10-14H2,1H3,(H,22,25). The summed E-state index contributed by atoms with van der Waals surface area (Å²) in [6, 6.07) is 13.5. The van der Waals surface area contributed by atoms with Gasteiger partial charge in [0, 0.05) is 19.0 Å². The normalized spacial score (nSPS) is 17.9. The first-order valence-corrected chi connectivity index (χ1v) is 11.2. The van der Waals surface area contributed by atoms with E-state index in [0.29, 0.717) is 30.0 Å². The van der Waals surface area contributed by atoms with Crippen molar-refractivity contribution < 1.29 is 22.7 Å². The van der Waals surface area contributed by atoms with Gasteiger partial charge in [0.25, 0.3) is 0 Å². The van der Waals surface area contributed by atoms with Gasteiger partial charge in [0.15, 0.2) is 0 Å². The number of ether oxygens (including phenoxy) is 1. The number of benzene rings is 2. The van der Waals surface area contributed by atoms with Crippen LogP contribution in [-0.4, -0.2) is 51.3 Å². The van der Waals surface area contributed by atoms with Gasteiger partial charge in [-0.05, 0) is 49.2 Å². The van der Waals surface area contributed by atoms with E-state index in [1.807, 2.05) is 6.07 Å². The zero-order valence-corrected chi connectivity index (χ0v) is 17.4. The molecular weight excluding hydrogens is 406 g/mol. The Balaban J connectivity index is 1.45. The molecule has 158 valence electrons. The van der Waals surface area contributed by atoms with E-state index in [2.05, 4.69) is 5.32 Å². The number of methoxy groups -OCH3 is 1. The second-order valence-electron chi connectivity index (χ2n) is 7.34. The molecule has 2 aromatic rings. The van der Waals surface area contributed by atoms with Crippen LogP contribution in [0.4, 0.5) is 11.4 Å². The average Bonchev–Trinajstić information content (AvgIpc) is 2.78. The van der Waals surface area contributed by atoms with Crippen molar-refractivity contribution in [3.8, 4) is 5.75 Å². The minimum absolute atomic E-state index is 0.0276. The maximum atomic E-state index is 13.1. The number of nitrogens with one attached hydrogen (secondary N) is 1. The fourth-order valence-corrected chi connectivity index (χ4v) is 5.36. The van der Waals surface area contributed by atoms with Gasteiger partial charge >= 0.3 is 0 Å². The highest BCUT2D eigenvalue weighted by Crippen LogP contribution is 2.32. The van der Waals surface area contributed by atoms with Gasteiger partial charge < -0.3 is 15.0 Å². The number of sulfonamides is 1. The van der Waals surface area contributed by atoms with E-state index >= 15 is 0 Å². The lowest BCUT2D eigenvalue weighted by molar-refractivity contribution is -0.125. The molecule has 2 aliphatic heterocycles. The summed E-state index contributed by atoms with van der Waals surface area (Å²) in [6.07, 6.45) is 0.822. The van der Waals surface area contributed by atoms with Crippen LogP contribution < -0.4 is 15.0 Å². The Morgan fingerprint density at radius 1 is 1.07 bits per heavy atom. The molecule has 0 aromatic heterocycles. The zero-order valence-electron chi connectivity index (χ0n) is 16.6. The molecule has 0 aliphatic carbocycles. The van der Waals surface area contributed by atoms with Gasteiger partial charge in [0.05, 0.1) is 23.4 Å². The summed E-state index contributed by atoms with van der Waals surface area (Å²) in [7, 11) is -2.11. The van der Waals surface area contributed by atoms with Crippen LogP contribution in [0.3, 0.4) is 0 Å². The van der Waals surface area contributed by atoms with E-state index in [0.717, 1.165) is 0 Å². The maximum absolute atomic E-state index is 13.1. The minimum Gasteiger partial charge on any atom is -0.497 e. The summed E-state index contributed by atoms with van der Waals surface area (Å²) in [4.78, 5) is 26.8. The number of nitrogens with zero attached hydrogens (tertiary/aromatic N) is 2. The number of amides is 2. The van der Waals surface area contributed by atoms with Crippen LogP contribution in [-0.2, 0) is 19.6 Å². The Morgan fingerprint density at radius 2 is 1.73 bits per heavy atom. The van der Waals surface area contributed by atoms with E-state index in [9.17, 15) is 18.0 Å². The van der Waals surface area contributed by atoms with Crippen LogP contribution >= 0.6 is 0 Å². The number of carbonyl (C=O) groups excluding carboxylic acids is 2. The predicted molar refractivity (Wildman–Crippen MR) is 112 cm³/mol. The molecule has 4 rings (SSSR count). The molecule has 1 saturated heterocycles. The monoisotopic (exact) mass is 429 g/mol. The lowest BCUT2D eigenvalue weighted by Gasteiger charge is -2.35. The number of fused-ring (bicyclic) bond motifs is 1. The van der Waals surface area contributed by atoms with Crippen molar-refractivity contribution in [1.29, 1.82) is 0 Å². The zero-order chi connectivity index (χ0) is 21.3. The lowest BCUT2D eigenvalue weighted by atomic mass is 9.95. The van der Waals surface area contributed by atoms with Crippen LogP contribution in [0.1, 0.15) is 12.8 Å². The van der Waals surface area contributed by atoms with Crippen molar-refractivity contribution in [1.82, 2.24) is 4.31 Å². The number of carbonyl (C=O) groups is 2. The fraction of sp³-hybridized carbons (Fsp3) is 0.333. The molecule has 2 amide bonds. The summed E-state index contributed by atoms with van der Waals surface area (Å²) >= 11 is 0. The summed E-state index contributed by atoms with van der Waals surface area (Å²) in [5.41, 5.74) is 1.29. The van der Waals surface area contributed by atoms with Gasteiger partial charge in [0.1, 0.15) is 12.3 Å². The van der Waals surface area contributed by atoms with E-state index in [1.54, 1.807) is 30.3 Å². The van der Waals surface area contributed by atoms with Crippen LogP contribution in [0.5, 0.6) is 5.75 Å². The van der Waals surface area contributed by atoms with Crippen molar-refractivity contribution in [2.75, 3.05) is 37.0 Å². The Morgan fingerprint density at radius 3 is 2.40 bits per heavy atom. The van der Waals surface area contributed by atoms with Crippen LogP contribution in [0.2, 0.25) is 0 Å². The van der Waals surface area contributed by atoms with Crippen LogP contribution in [0.15, 0.2) is 53.4 Å². The van der Waals surface area contributed by atoms with Crippen LogP contribution in [0.25, 0.3) is 0 Å². The number of piperidine rings is 1. The maximum Gasteiger partial charge on any atom is 0.244 e. The average molecular weight is 429 g/mol. The van der Waals surface area contributed by atoms with Gasteiger partial charge in [-0.2, -0.15) is 4.31 Å². The largest absolute Gasteiger partial charge is 0.497 e. The van der Waals surface area contributed by atoms with E-state index in [1.165, 1.54) is 28.4 Å². The Bertz CT molecular complexity index is 1060. The topological polar surface area (TPSA) is 96.0 Å². The molecule has 0 radical (unpaired) electrons. The first-order chi connectivity index (χ1) is 14.4. The molecule has 0 saturated carbocycles. The molecule has 1 N–H and O–H groups in total. The van der Waals surface area contributed by atoms with Gasteiger partial charge in [-0.1, -0.05) is 12.1 Å². The number of rotatable bonds is 4. The second kappa shape index (κ2) is 8.08. The summed E-state index contributed by atoms with van der Waals surface area (Å²) in [6.45, 7) is 0.485. The van der Waals surface area contributed by atoms with E-state index in [-0.39, 0.29) is 42.3 Å². The van der Waals surface area contributed by atoms with Gasteiger partial charge in [0.2, 0.25) is 21.8 Å². The summed E-state index contributed by atoms with van der Waals surface area (Å²) < 4.78 is 32.3. The Labute approximate surface area is 175 Å². The SMILES string of the molecule is COc1ccc(S(=O)(=O)N2CCC(C(=O)N3CC(=O)Nc4ccccc43)CC2)cc1. The van der Waals surface area contributed by atoms with Gasteiger partial charge in [-0.25, -0.2) is 8.42 Å². The first kappa shape index (κ1) is 20.4. The quantitative estimate of drug-likeness (QED) is 0.803. The molecule has 0 spiro atoms.